The van der Waals surface area contributed by atoms with E-state index in [1.165, 1.54) is 5.30 Å². The number of benzene rings is 1. The molecular formula is C17H28Cl2PSiTi. The van der Waals surface area contributed by atoms with Gasteiger partial charge in [0.25, 0.3) is 0 Å². The standard InChI is InChI=1S/C15H18P.2CH3.2ClH.H4Si.Ti/c1-11-10-15(4,13(3)12(11)2)16-14-8-6-5-7-9-14;;;;;;/h5-9,16H,1-4H3;2*1H3;2*1H;1H4;/q;;;;;;+2/p-2. The van der Waals surface area contributed by atoms with Crippen LogP contribution in [0.2, 0.25) is 10.5 Å². The van der Waals surface area contributed by atoms with Crippen LogP contribution in [0.3, 0.4) is 0 Å². The number of allylic oxidation sites excluding steroid dienone is 4. The number of rotatable bonds is 3. The number of hydrogen-bond donors (Lipinski definition) is 0. The van der Waals surface area contributed by atoms with Crippen molar-refractivity contribution in [2.75, 3.05) is 0 Å². The number of halogens is 2. The van der Waals surface area contributed by atoms with Crippen molar-refractivity contribution in [1.29, 1.82) is 0 Å². The zero-order chi connectivity index (χ0) is 14.2. The smallest absolute Gasteiger partial charge is 0.0149 e. The maximum absolute atomic E-state index is 2.50. The molecule has 0 nitrogen and oxygen atoms in total. The normalized spacial score (nSPS) is 20.6. The third kappa shape index (κ3) is 4.59. The van der Waals surface area contributed by atoms with Crippen molar-refractivity contribution in [2.45, 2.75) is 43.3 Å². The van der Waals surface area contributed by atoms with Crippen molar-refractivity contribution in [2.24, 2.45) is 0 Å². The molecule has 0 saturated heterocycles. The fourth-order valence-electron chi connectivity index (χ4n) is 3.25. The van der Waals surface area contributed by atoms with Crippen LogP contribution in [0, 0.1) is 0 Å². The molecule has 0 aliphatic heterocycles. The second kappa shape index (κ2) is 9.82. The summed E-state index contributed by atoms with van der Waals surface area (Å²) in [5, 5.41) is 6.79. The van der Waals surface area contributed by atoms with Crippen molar-refractivity contribution in [3.8, 4) is 0 Å². The van der Waals surface area contributed by atoms with Gasteiger partial charge < -0.3 is 24.8 Å². The molecule has 2 atom stereocenters. The van der Waals surface area contributed by atoms with Crippen molar-refractivity contribution < 1.29 is 42.7 Å². The first-order chi connectivity index (χ1) is 8.88. The van der Waals surface area contributed by atoms with Crippen molar-refractivity contribution in [1.82, 2.24) is 0 Å². The molecule has 123 valence electrons. The fourth-order valence-corrected chi connectivity index (χ4v) is 9.51. The van der Waals surface area contributed by atoms with E-state index in [0.29, 0.717) is 5.16 Å². The van der Waals surface area contributed by atoms with E-state index in [0.717, 1.165) is 8.58 Å². The molecule has 1 aromatic carbocycles. The van der Waals surface area contributed by atoms with Crippen LogP contribution in [-0.4, -0.2) is 16.1 Å². The zero-order valence-corrected chi connectivity index (χ0v) is 17.7. The maximum Gasteiger partial charge on any atom is -0.0149 e. The Balaban J connectivity index is 0. The van der Waals surface area contributed by atoms with Crippen LogP contribution >= 0.6 is 8.58 Å². The van der Waals surface area contributed by atoms with Crippen LogP contribution in [-0.2, 0) is 17.9 Å². The first-order valence-corrected chi connectivity index (χ1v) is 11.8. The van der Waals surface area contributed by atoms with E-state index in [9.17, 15) is 0 Å². The van der Waals surface area contributed by atoms with Gasteiger partial charge in [0, 0.05) is 0 Å². The minimum atomic E-state index is -1.06. The van der Waals surface area contributed by atoms with Gasteiger partial charge in [-0.15, -0.1) is 0 Å². The van der Waals surface area contributed by atoms with Crippen LogP contribution in [0.25, 0.3) is 0 Å². The third-order valence-corrected chi connectivity index (χ3v) is 9.48. The van der Waals surface area contributed by atoms with Gasteiger partial charge in [-0.25, -0.2) is 0 Å². The minimum absolute atomic E-state index is 0. The topological polar surface area (TPSA) is 0 Å². The molecule has 0 bridgehead atoms. The summed E-state index contributed by atoms with van der Waals surface area (Å²) in [5.74, 6) is 0. The van der Waals surface area contributed by atoms with Crippen molar-refractivity contribution in [3.05, 3.63) is 50.9 Å². The molecule has 0 spiro atoms. The molecule has 0 radical (unpaired) electrons. The van der Waals surface area contributed by atoms with Gasteiger partial charge in [-0.1, -0.05) is 0 Å². The molecule has 2 rings (SSSR count). The average Bonchev–Trinajstić information content (AvgIpc) is 2.52. The Morgan fingerprint density at radius 2 is 1.41 bits per heavy atom. The Labute approximate surface area is 161 Å². The Bertz CT molecular complexity index is 555. The van der Waals surface area contributed by atoms with E-state index >= 15 is 0 Å². The first kappa shape index (κ1) is 24.9. The second-order valence-electron chi connectivity index (χ2n) is 5.87. The summed E-state index contributed by atoms with van der Waals surface area (Å²) in [7, 11) is 0.862. The van der Waals surface area contributed by atoms with Crippen LogP contribution < -0.4 is 30.1 Å². The van der Waals surface area contributed by atoms with Gasteiger partial charge in [-0.3, -0.25) is 0 Å². The van der Waals surface area contributed by atoms with E-state index < -0.39 is 17.9 Å². The largest absolute Gasteiger partial charge is 1.00 e. The quantitative estimate of drug-likeness (QED) is 0.387. The van der Waals surface area contributed by atoms with Gasteiger partial charge in [0.05, 0.1) is 0 Å². The molecule has 0 aromatic heterocycles. The van der Waals surface area contributed by atoms with Crippen molar-refractivity contribution >= 4 is 24.9 Å². The fraction of sp³-hybridized carbons (Fsp3) is 0.412. The predicted octanol–water partition coefficient (Wildman–Crippen LogP) is -2.36. The van der Waals surface area contributed by atoms with E-state index in [2.05, 4.69) is 68.5 Å². The van der Waals surface area contributed by atoms with E-state index in [-0.39, 0.29) is 35.8 Å². The van der Waals surface area contributed by atoms with Gasteiger partial charge >= 0.3 is 126 Å². The second-order valence-corrected chi connectivity index (χ2v) is 11.6. The van der Waals surface area contributed by atoms with Crippen LogP contribution in [0.5, 0.6) is 0 Å². The molecule has 0 amide bonds. The summed E-state index contributed by atoms with van der Waals surface area (Å²) in [6.45, 7) is 9.48. The number of hydrogen-bond acceptors (Lipinski definition) is 0. The van der Waals surface area contributed by atoms with E-state index in [1.54, 1.807) is 16.7 Å². The summed E-state index contributed by atoms with van der Waals surface area (Å²) >= 11 is -1.06. The Morgan fingerprint density at radius 1 is 0.909 bits per heavy atom. The third-order valence-electron chi connectivity index (χ3n) is 4.42. The van der Waals surface area contributed by atoms with Crippen LogP contribution in [0.1, 0.15) is 27.7 Å². The summed E-state index contributed by atoms with van der Waals surface area (Å²) in [6, 6.07) is 11.0. The molecule has 0 fully saturated rings. The monoisotopic (exact) mass is 409 g/mol. The van der Waals surface area contributed by atoms with Gasteiger partial charge in [-0.05, 0) is 11.0 Å². The predicted molar refractivity (Wildman–Crippen MR) is 96.9 cm³/mol. The Hall–Kier alpha value is 0.641. The molecule has 2 unspecified atom stereocenters. The molecule has 0 N–H and O–H groups in total. The summed E-state index contributed by atoms with van der Waals surface area (Å²) in [5.41, 5.74) is 4.76. The Morgan fingerprint density at radius 3 is 1.86 bits per heavy atom. The summed E-state index contributed by atoms with van der Waals surface area (Å²) in [4.78, 5) is 0. The average molecular weight is 410 g/mol. The van der Waals surface area contributed by atoms with Gasteiger partial charge in [0.1, 0.15) is 0 Å². The SMILES string of the molecule is CC1=C(C)C(C)(Pc2ccccc2)[C]([Ti+2]([CH3])[CH3])=C1C.[Cl-].[Cl-].[SiH4]. The molecule has 1 aliphatic rings. The molecule has 22 heavy (non-hydrogen) atoms. The van der Waals surface area contributed by atoms with E-state index in [4.69, 9.17) is 0 Å². The van der Waals surface area contributed by atoms with Gasteiger partial charge in [-0.2, -0.15) is 0 Å². The van der Waals surface area contributed by atoms with Gasteiger partial charge in [0.2, 0.25) is 0 Å². The summed E-state index contributed by atoms with van der Waals surface area (Å²) in [6.07, 6.45) is 0. The Kier molecular flexibility index (Phi) is 11.1. The van der Waals surface area contributed by atoms with Crippen LogP contribution in [0.15, 0.2) is 50.9 Å². The summed E-state index contributed by atoms with van der Waals surface area (Å²) < 4.78 is 1.81. The molecule has 0 heterocycles. The maximum atomic E-state index is 2.50. The molecule has 0 saturated carbocycles. The molecular weight excluding hydrogens is 382 g/mol. The molecule has 1 aromatic rings. The van der Waals surface area contributed by atoms with Crippen molar-refractivity contribution in [3.63, 3.8) is 0 Å². The zero-order valence-electron chi connectivity index (χ0n) is 13.6. The molecule has 1 aliphatic carbocycles. The van der Waals surface area contributed by atoms with E-state index in [1.807, 2.05) is 3.88 Å². The molecule has 5 heteroatoms. The van der Waals surface area contributed by atoms with Gasteiger partial charge in [0.15, 0.2) is 0 Å². The minimum Gasteiger partial charge on any atom is -1.00 e. The first-order valence-electron chi connectivity index (χ1n) is 6.91. The van der Waals surface area contributed by atoms with Crippen LogP contribution in [0.4, 0.5) is 0 Å².